The van der Waals surface area contributed by atoms with E-state index < -0.39 is 0 Å². The van der Waals surface area contributed by atoms with Crippen molar-refractivity contribution < 1.29 is 9.53 Å². The molecule has 0 aliphatic heterocycles. The molecule has 0 saturated carbocycles. The van der Waals surface area contributed by atoms with Crippen LogP contribution < -0.4 is 4.74 Å². The fraction of sp³-hybridized carbons (Fsp3) is 0.133. The van der Waals surface area contributed by atoms with Gasteiger partial charge >= 0.3 is 0 Å². The summed E-state index contributed by atoms with van der Waals surface area (Å²) in [6, 6.07) is 10.8. The number of ether oxygens (including phenoxy) is 1. The Labute approximate surface area is 125 Å². The normalized spacial score (nSPS) is 10.3. The molecule has 0 heterocycles. The predicted molar refractivity (Wildman–Crippen MR) is 80.4 cm³/mol. The average molecular weight is 340 g/mol. The molecule has 0 aromatic heterocycles. The fourth-order valence-corrected chi connectivity index (χ4v) is 2.29. The number of ketones is 1. The molecular formula is C15H12BrClO2. The first-order valence-electron chi connectivity index (χ1n) is 5.72. The van der Waals surface area contributed by atoms with Crippen LogP contribution in [-0.2, 0) is 0 Å². The molecule has 2 nitrogen and oxygen atoms in total. The molecule has 98 valence electrons. The maximum atomic E-state index is 11.6. The lowest BCUT2D eigenvalue weighted by Gasteiger charge is -2.11. The summed E-state index contributed by atoms with van der Waals surface area (Å²) in [5.74, 6) is 0.978. The van der Waals surface area contributed by atoms with Gasteiger partial charge in [-0.15, -0.1) is 0 Å². The Bertz CT molecular complexity index is 638. The van der Waals surface area contributed by atoms with Crippen molar-refractivity contribution in [2.75, 3.05) is 0 Å². The number of rotatable bonds is 3. The molecular weight excluding hydrogens is 328 g/mol. The largest absolute Gasteiger partial charge is 0.455 e. The van der Waals surface area contributed by atoms with Gasteiger partial charge in [0.2, 0.25) is 0 Å². The van der Waals surface area contributed by atoms with Crippen LogP contribution >= 0.6 is 27.5 Å². The highest BCUT2D eigenvalue weighted by Gasteiger charge is 2.11. The summed E-state index contributed by atoms with van der Waals surface area (Å²) in [4.78, 5) is 11.6. The predicted octanol–water partition coefficient (Wildman–Crippen LogP) is 5.41. The van der Waals surface area contributed by atoms with E-state index in [9.17, 15) is 4.79 Å². The van der Waals surface area contributed by atoms with Gasteiger partial charge in [-0.25, -0.2) is 0 Å². The molecule has 0 aliphatic rings. The van der Waals surface area contributed by atoms with Crippen LogP contribution in [-0.4, -0.2) is 5.78 Å². The molecule has 2 rings (SSSR count). The second kappa shape index (κ2) is 5.76. The number of Topliss-reactive ketones (excluding diaryl/α,β-unsaturated/α-hetero) is 1. The molecule has 2 aromatic rings. The van der Waals surface area contributed by atoms with Crippen molar-refractivity contribution in [1.29, 1.82) is 0 Å². The lowest BCUT2D eigenvalue weighted by atomic mass is 10.1. The number of benzene rings is 2. The third kappa shape index (κ3) is 3.37. The summed E-state index contributed by atoms with van der Waals surface area (Å²) in [6.45, 7) is 3.46. The maximum Gasteiger partial charge on any atom is 0.163 e. The van der Waals surface area contributed by atoms with Crippen LogP contribution in [0.1, 0.15) is 22.8 Å². The van der Waals surface area contributed by atoms with Gasteiger partial charge in [-0.1, -0.05) is 33.6 Å². The Balaban J connectivity index is 2.42. The Morgan fingerprint density at radius 2 is 1.89 bits per heavy atom. The Hall–Kier alpha value is -1.32. The van der Waals surface area contributed by atoms with E-state index in [1.54, 1.807) is 24.3 Å². The second-order valence-electron chi connectivity index (χ2n) is 4.23. The summed E-state index contributed by atoms with van der Waals surface area (Å²) in [5, 5.41) is 0.523. The minimum absolute atomic E-state index is 0.0502. The number of hydrogen-bond acceptors (Lipinski definition) is 2. The third-order valence-corrected chi connectivity index (χ3v) is 3.42. The van der Waals surface area contributed by atoms with Crippen molar-refractivity contribution in [1.82, 2.24) is 0 Å². The highest BCUT2D eigenvalue weighted by Crippen LogP contribution is 2.33. The molecule has 4 heteroatoms. The minimum atomic E-state index is -0.0502. The van der Waals surface area contributed by atoms with Crippen LogP contribution in [0.4, 0.5) is 0 Å². The zero-order chi connectivity index (χ0) is 14.0. The van der Waals surface area contributed by atoms with Crippen LogP contribution in [0.2, 0.25) is 5.02 Å². The molecule has 0 fully saturated rings. The standard InChI is InChI=1S/C15H12BrClO2/c1-9-3-6-14(13(17)7-9)19-15-8-11(16)4-5-12(15)10(2)18/h3-8H,1-2H3. The number of aryl methyl sites for hydroxylation is 1. The quantitative estimate of drug-likeness (QED) is 0.699. The summed E-state index contributed by atoms with van der Waals surface area (Å²) in [5.41, 5.74) is 1.58. The van der Waals surface area contributed by atoms with Gasteiger partial charge in [-0.3, -0.25) is 4.79 Å². The summed E-state index contributed by atoms with van der Waals surface area (Å²) >= 11 is 9.49. The zero-order valence-corrected chi connectivity index (χ0v) is 12.9. The maximum absolute atomic E-state index is 11.6. The minimum Gasteiger partial charge on any atom is -0.455 e. The van der Waals surface area contributed by atoms with Gasteiger partial charge in [-0.2, -0.15) is 0 Å². The first-order chi connectivity index (χ1) is 8.97. The number of halogens is 2. The van der Waals surface area contributed by atoms with E-state index in [1.807, 2.05) is 19.1 Å². The molecule has 2 aromatic carbocycles. The van der Waals surface area contributed by atoms with E-state index in [4.69, 9.17) is 16.3 Å². The van der Waals surface area contributed by atoms with Crippen LogP contribution in [0.3, 0.4) is 0 Å². The number of hydrogen-bond donors (Lipinski definition) is 0. The molecule has 0 radical (unpaired) electrons. The molecule has 0 aliphatic carbocycles. The van der Waals surface area contributed by atoms with Gasteiger partial charge < -0.3 is 4.74 Å². The van der Waals surface area contributed by atoms with Crippen LogP contribution in [0.15, 0.2) is 40.9 Å². The number of carbonyl (C=O) groups is 1. The van der Waals surface area contributed by atoms with E-state index in [0.717, 1.165) is 10.0 Å². The smallest absolute Gasteiger partial charge is 0.163 e. The highest BCUT2D eigenvalue weighted by molar-refractivity contribution is 9.10. The SMILES string of the molecule is CC(=O)c1ccc(Br)cc1Oc1ccc(C)cc1Cl. The van der Waals surface area contributed by atoms with Crippen LogP contribution in [0.25, 0.3) is 0 Å². The monoisotopic (exact) mass is 338 g/mol. The topological polar surface area (TPSA) is 26.3 Å². The first-order valence-corrected chi connectivity index (χ1v) is 6.89. The molecule has 0 N–H and O–H groups in total. The summed E-state index contributed by atoms with van der Waals surface area (Å²) in [7, 11) is 0. The van der Waals surface area contributed by atoms with E-state index in [2.05, 4.69) is 15.9 Å². The average Bonchev–Trinajstić information content (AvgIpc) is 2.32. The van der Waals surface area contributed by atoms with Gasteiger partial charge in [0.25, 0.3) is 0 Å². The lowest BCUT2D eigenvalue weighted by Crippen LogP contribution is -1.97. The Morgan fingerprint density at radius 3 is 2.53 bits per heavy atom. The molecule has 0 bridgehead atoms. The van der Waals surface area contributed by atoms with Gasteiger partial charge in [0.05, 0.1) is 10.6 Å². The van der Waals surface area contributed by atoms with Crippen molar-refractivity contribution in [3.05, 3.63) is 57.0 Å². The van der Waals surface area contributed by atoms with Gasteiger partial charge in [0.1, 0.15) is 11.5 Å². The van der Waals surface area contributed by atoms with Crippen molar-refractivity contribution >= 4 is 33.3 Å². The number of carbonyl (C=O) groups excluding carboxylic acids is 1. The molecule has 0 spiro atoms. The van der Waals surface area contributed by atoms with Gasteiger partial charge in [0.15, 0.2) is 5.78 Å². The van der Waals surface area contributed by atoms with Crippen molar-refractivity contribution in [3.63, 3.8) is 0 Å². The molecule has 19 heavy (non-hydrogen) atoms. The zero-order valence-electron chi connectivity index (χ0n) is 10.5. The van der Waals surface area contributed by atoms with Crippen LogP contribution in [0, 0.1) is 6.92 Å². The van der Waals surface area contributed by atoms with Crippen molar-refractivity contribution in [2.45, 2.75) is 13.8 Å². The van der Waals surface area contributed by atoms with E-state index in [-0.39, 0.29) is 5.78 Å². The third-order valence-electron chi connectivity index (χ3n) is 2.63. The Kier molecular flexibility index (Phi) is 4.27. The summed E-state index contributed by atoms with van der Waals surface area (Å²) < 4.78 is 6.60. The van der Waals surface area contributed by atoms with Crippen molar-refractivity contribution in [3.8, 4) is 11.5 Å². The molecule has 0 unspecified atom stereocenters. The van der Waals surface area contributed by atoms with E-state index in [0.29, 0.717) is 22.1 Å². The van der Waals surface area contributed by atoms with E-state index in [1.165, 1.54) is 6.92 Å². The molecule has 0 saturated heterocycles. The highest BCUT2D eigenvalue weighted by atomic mass is 79.9. The van der Waals surface area contributed by atoms with Gasteiger partial charge in [-0.05, 0) is 49.7 Å². The lowest BCUT2D eigenvalue weighted by molar-refractivity contribution is 0.101. The molecule has 0 atom stereocenters. The summed E-state index contributed by atoms with van der Waals surface area (Å²) in [6.07, 6.45) is 0. The fourth-order valence-electron chi connectivity index (χ4n) is 1.68. The van der Waals surface area contributed by atoms with Crippen LogP contribution in [0.5, 0.6) is 11.5 Å². The Morgan fingerprint density at radius 1 is 1.16 bits per heavy atom. The molecule has 0 amide bonds. The van der Waals surface area contributed by atoms with Crippen molar-refractivity contribution in [2.24, 2.45) is 0 Å². The first kappa shape index (κ1) is 14.1. The second-order valence-corrected chi connectivity index (χ2v) is 5.56. The van der Waals surface area contributed by atoms with E-state index >= 15 is 0 Å². The van der Waals surface area contributed by atoms with Gasteiger partial charge in [0, 0.05) is 4.47 Å².